The van der Waals surface area contributed by atoms with Crippen LogP contribution in [0.25, 0.3) is 16.7 Å². The molecule has 8 heteroatoms. The molecule has 8 nitrogen and oxygen atoms in total. The van der Waals surface area contributed by atoms with Crippen molar-refractivity contribution in [2.24, 2.45) is 0 Å². The highest BCUT2D eigenvalue weighted by atomic mass is 16.1. The molecule has 136 valence electrons. The van der Waals surface area contributed by atoms with Crippen LogP contribution in [0, 0.1) is 6.92 Å². The van der Waals surface area contributed by atoms with Crippen LogP contribution in [0.1, 0.15) is 36.6 Å². The summed E-state index contributed by atoms with van der Waals surface area (Å²) < 4.78 is 1.62. The maximum Gasteiger partial charge on any atom is 0.261 e. The second kappa shape index (κ2) is 7.45. The van der Waals surface area contributed by atoms with Gasteiger partial charge in [-0.2, -0.15) is 5.10 Å². The average Bonchev–Trinajstić information content (AvgIpc) is 3.08. The highest BCUT2D eigenvalue weighted by Crippen LogP contribution is 2.33. The molecule has 27 heavy (non-hydrogen) atoms. The van der Waals surface area contributed by atoms with E-state index in [1.807, 2.05) is 31.5 Å². The van der Waals surface area contributed by atoms with E-state index in [9.17, 15) is 4.79 Å². The van der Waals surface area contributed by atoms with Crippen molar-refractivity contribution in [3.8, 4) is 5.69 Å². The van der Waals surface area contributed by atoms with E-state index in [4.69, 9.17) is 0 Å². The first kappa shape index (κ1) is 17.0. The first-order valence-corrected chi connectivity index (χ1v) is 8.83. The van der Waals surface area contributed by atoms with Crippen molar-refractivity contribution < 1.29 is 0 Å². The van der Waals surface area contributed by atoms with Crippen molar-refractivity contribution >= 4 is 11.0 Å². The normalized spacial score (nSPS) is 13.7. The molecule has 0 radical (unpaired) electrons. The Hall–Kier alpha value is -3.42. The van der Waals surface area contributed by atoms with Crippen LogP contribution in [0.2, 0.25) is 0 Å². The number of aromatic nitrogens is 7. The Bertz CT molecular complexity index is 1100. The highest BCUT2D eigenvalue weighted by molar-refractivity contribution is 5.74. The fourth-order valence-corrected chi connectivity index (χ4v) is 2.90. The third kappa shape index (κ3) is 3.46. The van der Waals surface area contributed by atoms with Gasteiger partial charge in [0.1, 0.15) is 11.2 Å². The number of hydrogen-bond acceptors (Lipinski definition) is 6. The van der Waals surface area contributed by atoms with Crippen molar-refractivity contribution in [1.29, 1.82) is 0 Å². The third-order valence-electron chi connectivity index (χ3n) is 4.67. The van der Waals surface area contributed by atoms with Crippen molar-refractivity contribution in [1.82, 2.24) is 34.7 Å². The Morgan fingerprint density at radius 2 is 1.93 bits per heavy atom. The first-order valence-electron chi connectivity index (χ1n) is 8.83. The zero-order chi connectivity index (χ0) is 18.6. The second-order valence-corrected chi connectivity index (χ2v) is 6.42. The predicted molar refractivity (Wildman–Crippen MR) is 101 cm³/mol. The van der Waals surface area contributed by atoms with E-state index in [0.717, 1.165) is 17.1 Å². The van der Waals surface area contributed by atoms with E-state index < -0.39 is 0 Å². The number of nitrogens with one attached hydrogen (secondary N) is 1. The maximum absolute atomic E-state index is 11.5. The molecule has 0 unspecified atom stereocenters. The number of rotatable bonds is 2. The molecule has 1 aliphatic carbocycles. The van der Waals surface area contributed by atoms with Gasteiger partial charge in [-0.3, -0.25) is 9.78 Å². The summed E-state index contributed by atoms with van der Waals surface area (Å²) >= 11 is 0. The average molecular weight is 361 g/mol. The predicted octanol–water partition coefficient (Wildman–Crippen LogP) is 2.56. The Labute approximate surface area is 155 Å². The van der Waals surface area contributed by atoms with Gasteiger partial charge >= 0.3 is 0 Å². The quantitative estimate of drug-likeness (QED) is 0.589. The van der Waals surface area contributed by atoms with Gasteiger partial charge in [0.15, 0.2) is 5.65 Å². The van der Waals surface area contributed by atoms with Gasteiger partial charge in [-0.05, 0) is 37.5 Å². The van der Waals surface area contributed by atoms with Crippen LogP contribution in [-0.4, -0.2) is 34.7 Å². The lowest BCUT2D eigenvalue weighted by atomic mass is 9.85. The third-order valence-corrected chi connectivity index (χ3v) is 4.67. The molecule has 4 aromatic rings. The van der Waals surface area contributed by atoms with E-state index in [0.29, 0.717) is 17.0 Å². The molecule has 1 fully saturated rings. The zero-order valence-electron chi connectivity index (χ0n) is 14.9. The van der Waals surface area contributed by atoms with Crippen LogP contribution in [0.3, 0.4) is 0 Å². The van der Waals surface area contributed by atoms with Crippen molar-refractivity contribution in [2.75, 3.05) is 0 Å². The molecule has 0 bridgehead atoms. The van der Waals surface area contributed by atoms with Gasteiger partial charge in [0, 0.05) is 24.5 Å². The van der Waals surface area contributed by atoms with E-state index in [2.05, 4.69) is 30.0 Å². The molecule has 1 saturated carbocycles. The Kier molecular flexibility index (Phi) is 4.69. The van der Waals surface area contributed by atoms with Crippen LogP contribution in [-0.2, 0) is 0 Å². The summed E-state index contributed by atoms with van der Waals surface area (Å²) in [7, 11) is 0. The molecule has 0 spiro atoms. The molecular formula is C19H19N7O. The molecule has 0 atom stereocenters. The molecule has 0 saturated heterocycles. The fourth-order valence-electron chi connectivity index (χ4n) is 2.90. The summed E-state index contributed by atoms with van der Waals surface area (Å²) in [5.74, 6) is 1.70. The lowest BCUT2D eigenvalue weighted by molar-refractivity contribution is 0.401. The summed E-state index contributed by atoms with van der Waals surface area (Å²) in [5, 5.41) is 4.65. The lowest BCUT2D eigenvalue weighted by Crippen LogP contribution is -2.11. The van der Waals surface area contributed by atoms with Crippen LogP contribution >= 0.6 is 0 Å². The van der Waals surface area contributed by atoms with E-state index in [1.54, 1.807) is 17.1 Å². The van der Waals surface area contributed by atoms with Crippen LogP contribution in [0.4, 0.5) is 0 Å². The monoisotopic (exact) mass is 361 g/mol. The SMILES string of the molecule is Cc1ccncc1-n1ncc2c(=O)[nH]cnc21.c1cnc(C2CCC2)nc1. The van der Waals surface area contributed by atoms with Crippen LogP contribution in [0.15, 0.2) is 54.2 Å². The second-order valence-electron chi connectivity index (χ2n) is 6.42. The number of nitrogens with zero attached hydrogens (tertiary/aromatic N) is 6. The molecule has 1 aliphatic rings. The molecule has 4 heterocycles. The summed E-state index contributed by atoms with van der Waals surface area (Å²) in [6, 6.07) is 3.75. The molecule has 0 aliphatic heterocycles. The minimum absolute atomic E-state index is 0.192. The number of H-pyrrole nitrogens is 1. The summed E-state index contributed by atoms with van der Waals surface area (Å²) in [5.41, 5.74) is 2.18. The first-order chi connectivity index (χ1) is 13.2. The van der Waals surface area contributed by atoms with Gasteiger partial charge in [-0.1, -0.05) is 6.42 Å². The Morgan fingerprint density at radius 3 is 2.63 bits per heavy atom. The molecule has 5 rings (SSSR count). The van der Waals surface area contributed by atoms with Gasteiger partial charge in [-0.15, -0.1) is 0 Å². The largest absolute Gasteiger partial charge is 0.312 e. The van der Waals surface area contributed by atoms with Gasteiger partial charge in [0.2, 0.25) is 0 Å². The molecule has 0 aromatic carbocycles. The number of fused-ring (bicyclic) bond motifs is 1. The van der Waals surface area contributed by atoms with E-state index >= 15 is 0 Å². The minimum atomic E-state index is -0.192. The molecular weight excluding hydrogens is 342 g/mol. The van der Waals surface area contributed by atoms with Crippen molar-refractivity contribution in [3.05, 3.63) is 71.2 Å². The summed E-state index contributed by atoms with van der Waals surface area (Å²) in [4.78, 5) is 30.6. The Morgan fingerprint density at radius 1 is 1.11 bits per heavy atom. The minimum Gasteiger partial charge on any atom is -0.312 e. The van der Waals surface area contributed by atoms with Crippen LogP contribution < -0.4 is 5.56 Å². The van der Waals surface area contributed by atoms with Gasteiger partial charge in [0.25, 0.3) is 5.56 Å². The lowest BCUT2D eigenvalue weighted by Gasteiger charge is -2.22. The number of pyridine rings is 1. The number of hydrogen-bond donors (Lipinski definition) is 1. The standard InChI is InChI=1S/C11H9N5O.C8H10N2/c1-7-2-3-12-5-9(7)16-10-8(4-15-16)11(17)14-6-13-10;1-3-7(4-1)8-9-5-2-6-10-8/h2-6H,1H3,(H,13,14,17);2,5-7H,1,3-4H2. The fraction of sp³-hybridized carbons (Fsp3) is 0.263. The smallest absolute Gasteiger partial charge is 0.261 e. The van der Waals surface area contributed by atoms with Crippen LogP contribution in [0.5, 0.6) is 0 Å². The van der Waals surface area contributed by atoms with E-state index in [-0.39, 0.29) is 5.56 Å². The van der Waals surface area contributed by atoms with E-state index in [1.165, 1.54) is 31.8 Å². The zero-order valence-corrected chi connectivity index (χ0v) is 14.9. The summed E-state index contributed by atoms with van der Waals surface area (Å²) in [6.07, 6.45) is 13.8. The Balaban J connectivity index is 0.000000153. The molecule has 4 aromatic heterocycles. The number of aromatic amines is 1. The maximum atomic E-state index is 11.5. The topological polar surface area (TPSA) is 102 Å². The van der Waals surface area contributed by atoms with Gasteiger partial charge in [0.05, 0.1) is 24.4 Å². The molecule has 1 N–H and O–H groups in total. The van der Waals surface area contributed by atoms with Gasteiger partial charge < -0.3 is 4.98 Å². The highest BCUT2D eigenvalue weighted by Gasteiger charge is 2.21. The van der Waals surface area contributed by atoms with Crippen molar-refractivity contribution in [3.63, 3.8) is 0 Å². The number of aryl methyl sites for hydroxylation is 1. The van der Waals surface area contributed by atoms with Gasteiger partial charge in [-0.25, -0.2) is 19.6 Å². The summed E-state index contributed by atoms with van der Waals surface area (Å²) in [6.45, 7) is 1.96. The molecule has 0 amide bonds. The van der Waals surface area contributed by atoms with Crippen molar-refractivity contribution in [2.45, 2.75) is 32.1 Å².